The quantitative estimate of drug-likeness (QED) is 0.904. The monoisotopic (exact) mass is 331 g/mol. The second-order valence-corrected chi connectivity index (χ2v) is 6.36. The molecule has 1 aromatic rings. The highest BCUT2D eigenvalue weighted by Crippen LogP contribution is 2.45. The van der Waals surface area contributed by atoms with Gasteiger partial charge in [0.15, 0.2) is 0 Å². The molecule has 2 saturated heterocycles. The summed E-state index contributed by atoms with van der Waals surface area (Å²) in [5.41, 5.74) is -1.57. The van der Waals surface area contributed by atoms with Crippen LogP contribution in [0.2, 0.25) is 0 Å². The smallest absolute Gasteiger partial charge is 0.416 e. The lowest BCUT2D eigenvalue weighted by molar-refractivity contribution is -0.140. The van der Waals surface area contributed by atoms with Gasteiger partial charge in [0.25, 0.3) is 0 Å². The number of benzene rings is 1. The average Bonchev–Trinajstić information content (AvgIpc) is 2.47. The molecule has 128 valence electrons. The zero-order valence-electron chi connectivity index (χ0n) is 13.1. The number of rotatable bonds is 2. The number of halogens is 3. The summed E-state index contributed by atoms with van der Waals surface area (Å²) in [6.45, 7) is 1.02. The number of alkyl halides is 3. The highest BCUT2D eigenvalue weighted by molar-refractivity contribution is 5.43. The minimum absolute atomic E-state index is 0.0412. The number of nitrogens with zero attached hydrogens (tertiary/aromatic N) is 1. The number of ether oxygens (including phenoxy) is 2. The molecule has 3 rings (SSSR count). The minimum Gasteiger partial charge on any atom is -0.496 e. The number of methoxy groups -OCH3 is 1. The summed E-state index contributed by atoms with van der Waals surface area (Å²) in [4.78, 5) is 2.18. The number of piperidine rings is 1. The van der Waals surface area contributed by atoms with Gasteiger partial charge in [-0.05, 0) is 32.0 Å². The topological polar surface area (TPSA) is 41.9 Å². The first-order valence-corrected chi connectivity index (χ1v) is 7.52. The molecule has 2 unspecified atom stereocenters. The molecule has 4 nitrogen and oxygen atoms in total. The third-order valence-electron chi connectivity index (χ3n) is 4.95. The highest BCUT2D eigenvalue weighted by Gasteiger charge is 2.47. The van der Waals surface area contributed by atoms with Gasteiger partial charge in [-0.1, -0.05) is 6.07 Å². The lowest BCUT2D eigenvalue weighted by atomic mass is 9.76. The van der Waals surface area contributed by atoms with Crippen LogP contribution >= 0.6 is 0 Å². The van der Waals surface area contributed by atoms with Crippen LogP contribution in [0.3, 0.4) is 0 Å². The predicted octanol–water partition coefficient (Wildman–Crippen LogP) is 2.39. The lowest BCUT2D eigenvalue weighted by Crippen LogP contribution is -2.59. The summed E-state index contributed by atoms with van der Waals surface area (Å²) in [6.07, 6.45) is -3.63. The Morgan fingerprint density at radius 2 is 1.87 bits per heavy atom. The fourth-order valence-corrected chi connectivity index (χ4v) is 3.61. The molecule has 2 aliphatic heterocycles. The van der Waals surface area contributed by atoms with Crippen LogP contribution in [0.5, 0.6) is 5.75 Å². The molecule has 7 heteroatoms. The molecule has 2 atom stereocenters. The molecule has 2 bridgehead atoms. The van der Waals surface area contributed by atoms with Crippen LogP contribution in [0.25, 0.3) is 0 Å². The molecular weight excluding hydrogens is 311 g/mol. The van der Waals surface area contributed by atoms with E-state index in [0.717, 1.165) is 12.1 Å². The maximum atomic E-state index is 12.9. The second-order valence-electron chi connectivity index (χ2n) is 6.36. The number of likely N-dealkylation sites (N-methyl/N-ethyl adjacent to an activating group) is 1. The van der Waals surface area contributed by atoms with E-state index in [9.17, 15) is 18.3 Å². The number of aliphatic hydroxyl groups is 1. The van der Waals surface area contributed by atoms with Crippen molar-refractivity contribution in [3.63, 3.8) is 0 Å². The fraction of sp³-hybridized carbons (Fsp3) is 0.625. The van der Waals surface area contributed by atoms with Crippen molar-refractivity contribution in [3.8, 4) is 5.75 Å². The van der Waals surface area contributed by atoms with Crippen molar-refractivity contribution in [2.24, 2.45) is 0 Å². The minimum atomic E-state index is -4.44. The second kappa shape index (κ2) is 5.65. The first kappa shape index (κ1) is 16.5. The summed E-state index contributed by atoms with van der Waals surface area (Å²) < 4.78 is 49.3. The van der Waals surface area contributed by atoms with Crippen LogP contribution in [0.1, 0.15) is 24.0 Å². The summed E-state index contributed by atoms with van der Waals surface area (Å²) in [5, 5.41) is 11.1. The number of fused-ring (bicyclic) bond motifs is 2. The Bertz CT molecular complexity index is 576. The molecule has 2 heterocycles. The highest BCUT2D eigenvalue weighted by atomic mass is 19.4. The molecule has 0 aliphatic carbocycles. The lowest BCUT2D eigenvalue weighted by Gasteiger charge is -2.50. The van der Waals surface area contributed by atoms with Crippen LogP contribution in [0, 0.1) is 0 Å². The van der Waals surface area contributed by atoms with Crippen molar-refractivity contribution in [3.05, 3.63) is 29.3 Å². The zero-order chi connectivity index (χ0) is 16.8. The van der Waals surface area contributed by atoms with Gasteiger partial charge in [-0.25, -0.2) is 0 Å². The van der Waals surface area contributed by atoms with Gasteiger partial charge in [-0.3, -0.25) is 4.90 Å². The van der Waals surface area contributed by atoms with E-state index in [1.54, 1.807) is 0 Å². The molecule has 0 saturated carbocycles. The van der Waals surface area contributed by atoms with E-state index in [4.69, 9.17) is 9.47 Å². The van der Waals surface area contributed by atoms with E-state index in [1.807, 2.05) is 7.05 Å². The Labute approximate surface area is 132 Å². The molecule has 23 heavy (non-hydrogen) atoms. The Kier molecular flexibility index (Phi) is 4.06. The Hall–Kier alpha value is -1.31. The Morgan fingerprint density at radius 3 is 2.39 bits per heavy atom. The summed E-state index contributed by atoms with van der Waals surface area (Å²) >= 11 is 0. The van der Waals surface area contributed by atoms with Crippen LogP contribution in [-0.4, -0.2) is 49.5 Å². The SMILES string of the molecule is COc1cc(C(F)(F)F)ccc1C1(O)CC2COCC(C1)N2C. The largest absolute Gasteiger partial charge is 0.496 e. The van der Waals surface area contributed by atoms with Gasteiger partial charge in [-0.15, -0.1) is 0 Å². The fourth-order valence-electron chi connectivity index (χ4n) is 3.61. The van der Waals surface area contributed by atoms with Gasteiger partial charge < -0.3 is 14.6 Å². The predicted molar refractivity (Wildman–Crippen MR) is 77.3 cm³/mol. The van der Waals surface area contributed by atoms with Crippen molar-refractivity contribution in [2.45, 2.75) is 36.7 Å². The molecule has 2 aliphatic rings. The van der Waals surface area contributed by atoms with E-state index < -0.39 is 17.3 Å². The van der Waals surface area contributed by atoms with Gasteiger partial charge in [0.05, 0.1) is 31.5 Å². The van der Waals surface area contributed by atoms with Crippen molar-refractivity contribution in [2.75, 3.05) is 27.4 Å². The van der Waals surface area contributed by atoms with Crippen molar-refractivity contribution >= 4 is 0 Å². The molecule has 1 N–H and O–H groups in total. The first-order chi connectivity index (χ1) is 10.7. The first-order valence-electron chi connectivity index (χ1n) is 7.52. The normalized spacial score (nSPS) is 31.9. The van der Waals surface area contributed by atoms with E-state index >= 15 is 0 Å². The molecule has 0 amide bonds. The van der Waals surface area contributed by atoms with Crippen molar-refractivity contribution < 1.29 is 27.8 Å². The number of hydrogen-bond donors (Lipinski definition) is 1. The number of morpholine rings is 1. The van der Waals surface area contributed by atoms with Gasteiger partial charge in [-0.2, -0.15) is 13.2 Å². The zero-order valence-corrected chi connectivity index (χ0v) is 13.1. The maximum Gasteiger partial charge on any atom is 0.416 e. The molecular formula is C16H20F3NO3. The van der Waals surface area contributed by atoms with Crippen molar-refractivity contribution in [1.29, 1.82) is 0 Å². The Morgan fingerprint density at radius 1 is 1.26 bits per heavy atom. The third kappa shape index (κ3) is 2.93. The summed E-state index contributed by atoms with van der Waals surface area (Å²) in [5.74, 6) is 0.0749. The maximum absolute atomic E-state index is 12.9. The van der Waals surface area contributed by atoms with E-state index in [0.29, 0.717) is 31.6 Å². The molecule has 1 aromatic carbocycles. The van der Waals surface area contributed by atoms with Crippen LogP contribution in [0.4, 0.5) is 13.2 Å². The van der Waals surface area contributed by atoms with E-state index in [1.165, 1.54) is 13.2 Å². The van der Waals surface area contributed by atoms with Gasteiger partial charge >= 0.3 is 6.18 Å². The van der Waals surface area contributed by atoms with E-state index in [2.05, 4.69) is 4.90 Å². The van der Waals surface area contributed by atoms with Gasteiger partial charge in [0.1, 0.15) is 5.75 Å². The average molecular weight is 331 g/mol. The van der Waals surface area contributed by atoms with Crippen LogP contribution < -0.4 is 4.74 Å². The molecule has 2 fully saturated rings. The summed E-state index contributed by atoms with van der Waals surface area (Å²) in [6, 6.07) is 3.38. The van der Waals surface area contributed by atoms with Gasteiger partial charge in [0, 0.05) is 17.6 Å². The van der Waals surface area contributed by atoms with Gasteiger partial charge in [0.2, 0.25) is 0 Å². The molecule has 0 radical (unpaired) electrons. The molecule has 0 aromatic heterocycles. The van der Waals surface area contributed by atoms with E-state index in [-0.39, 0.29) is 17.8 Å². The van der Waals surface area contributed by atoms with Crippen molar-refractivity contribution in [1.82, 2.24) is 4.90 Å². The van der Waals surface area contributed by atoms with Crippen LogP contribution in [-0.2, 0) is 16.5 Å². The third-order valence-corrected chi connectivity index (χ3v) is 4.95. The Balaban J connectivity index is 1.97. The summed E-state index contributed by atoms with van der Waals surface area (Å²) in [7, 11) is 3.31. The van der Waals surface area contributed by atoms with Crippen LogP contribution in [0.15, 0.2) is 18.2 Å². The number of hydrogen-bond acceptors (Lipinski definition) is 4. The standard InChI is InChI=1S/C16H20F3NO3/c1-20-11-6-15(21,7-12(20)9-23-8-11)13-4-3-10(16(17,18)19)5-14(13)22-2/h3-5,11-12,21H,6-9H2,1-2H3. The molecule has 0 spiro atoms.